The quantitative estimate of drug-likeness (QED) is 0.880. The van der Waals surface area contributed by atoms with Crippen LogP contribution in [-0.4, -0.2) is 12.5 Å². The Morgan fingerprint density at radius 2 is 2.05 bits per heavy atom. The summed E-state index contributed by atoms with van der Waals surface area (Å²) in [5, 5.41) is 11.6. The number of halogens is 2. The highest BCUT2D eigenvalue weighted by molar-refractivity contribution is 9.10. The fraction of sp³-hybridized carbons (Fsp3) is 0.0667. The molecule has 106 valence electrons. The predicted octanol–water partition coefficient (Wildman–Crippen LogP) is 4.26. The number of nitriles is 1. The molecule has 2 aromatic rings. The van der Waals surface area contributed by atoms with E-state index in [0.29, 0.717) is 26.5 Å². The van der Waals surface area contributed by atoms with Crippen molar-refractivity contribution in [3.8, 4) is 11.8 Å². The summed E-state index contributed by atoms with van der Waals surface area (Å²) in [5.41, 5.74) is 0.829. The zero-order chi connectivity index (χ0) is 15.2. The lowest BCUT2D eigenvalue weighted by Gasteiger charge is -2.11. The van der Waals surface area contributed by atoms with E-state index in [2.05, 4.69) is 21.2 Å². The molecule has 2 aromatic carbocycles. The van der Waals surface area contributed by atoms with Gasteiger partial charge in [0.25, 0.3) is 5.91 Å². The van der Waals surface area contributed by atoms with Crippen molar-refractivity contribution in [3.05, 3.63) is 57.5 Å². The van der Waals surface area contributed by atoms with Gasteiger partial charge in [0, 0.05) is 4.47 Å². The summed E-state index contributed by atoms with van der Waals surface area (Å²) >= 11 is 9.37. The van der Waals surface area contributed by atoms with Crippen LogP contribution < -0.4 is 10.1 Å². The number of hydrogen-bond donors (Lipinski definition) is 1. The van der Waals surface area contributed by atoms with Crippen molar-refractivity contribution < 1.29 is 9.53 Å². The van der Waals surface area contributed by atoms with E-state index < -0.39 is 0 Å². The van der Waals surface area contributed by atoms with E-state index in [1.54, 1.807) is 42.5 Å². The monoisotopic (exact) mass is 364 g/mol. The maximum atomic E-state index is 12.3. The van der Waals surface area contributed by atoms with Gasteiger partial charge in [-0.05, 0) is 40.2 Å². The van der Waals surface area contributed by atoms with E-state index in [-0.39, 0.29) is 12.5 Å². The van der Waals surface area contributed by atoms with Crippen LogP contribution in [0.5, 0.6) is 5.75 Å². The highest BCUT2D eigenvalue weighted by Gasteiger charge is 2.14. The molecular formula is C15H10BrClN2O2. The topological polar surface area (TPSA) is 62.1 Å². The van der Waals surface area contributed by atoms with E-state index >= 15 is 0 Å². The molecule has 0 aliphatic rings. The van der Waals surface area contributed by atoms with E-state index in [0.717, 1.165) is 0 Å². The zero-order valence-electron chi connectivity index (χ0n) is 10.8. The van der Waals surface area contributed by atoms with Gasteiger partial charge in [-0.25, -0.2) is 0 Å². The van der Waals surface area contributed by atoms with Crippen LogP contribution in [0.1, 0.15) is 10.4 Å². The fourth-order valence-electron chi connectivity index (χ4n) is 1.67. The van der Waals surface area contributed by atoms with Crippen LogP contribution in [0.15, 0.2) is 46.9 Å². The first-order valence-electron chi connectivity index (χ1n) is 5.97. The van der Waals surface area contributed by atoms with Crippen molar-refractivity contribution in [2.24, 2.45) is 0 Å². The van der Waals surface area contributed by atoms with Crippen LogP contribution in [-0.2, 0) is 0 Å². The first-order chi connectivity index (χ1) is 10.1. The molecule has 0 aliphatic heterocycles. The number of amides is 1. The normalized spacial score (nSPS) is 9.76. The summed E-state index contributed by atoms with van der Waals surface area (Å²) in [6.45, 7) is -0.0927. The number of benzene rings is 2. The minimum absolute atomic E-state index is 0.0927. The Hall–Kier alpha value is -2.03. The molecule has 0 atom stereocenters. The van der Waals surface area contributed by atoms with Crippen LogP contribution in [0.2, 0.25) is 5.02 Å². The smallest absolute Gasteiger partial charge is 0.257 e. The largest absolute Gasteiger partial charge is 0.477 e. The summed E-state index contributed by atoms with van der Waals surface area (Å²) in [5.74, 6) is 0.0767. The van der Waals surface area contributed by atoms with Crippen molar-refractivity contribution in [3.63, 3.8) is 0 Å². The third-order valence-corrected chi connectivity index (χ3v) is 3.92. The second-order valence-corrected chi connectivity index (χ2v) is 5.23. The van der Waals surface area contributed by atoms with E-state index in [1.165, 1.54) is 0 Å². The third-order valence-electron chi connectivity index (χ3n) is 2.62. The Labute approximate surface area is 135 Å². The molecule has 21 heavy (non-hydrogen) atoms. The highest BCUT2D eigenvalue weighted by Crippen LogP contribution is 2.28. The van der Waals surface area contributed by atoms with Gasteiger partial charge in [-0.15, -0.1) is 0 Å². The minimum atomic E-state index is -0.352. The Balaban J connectivity index is 2.24. The summed E-state index contributed by atoms with van der Waals surface area (Å²) in [6.07, 6.45) is 0. The highest BCUT2D eigenvalue weighted by atomic mass is 79.9. The average molecular weight is 366 g/mol. The van der Waals surface area contributed by atoms with Gasteiger partial charge >= 0.3 is 0 Å². The van der Waals surface area contributed by atoms with Gasteiger partial charge in [0.15, 0.2) is 6.61 Å². The van der Waals surface area contributed by atoms with Crippen LogP contribution >= 0.6 is 27.5 Å². The molecule has 4 nitrogen and oxygen atoms in total. The lowest BCUT2D eigenvalue weighted by Crippen LogP contribution is -2.13. The fourth-order valence-corrected chi connectivity index (χ4v) is 2.25. The van der Waals surface area contributed by atoms with Gasteiger partial charge in [-0.3, -0.25) is 4.79 Å². The van der Waals surface area contributed by atoms with Crippen LogP contribution in [0.3, 0.4) is 0 Å². The zero-order valence-corrected chi connectivity index (χ0v) is 13.1. The lowest BCUT2D eigenvalue weighted by molar-refractivity contribution is 0.102. The molecule has 0 aliphatic carbocycles. The molecule has 0 fully saturated rings. The molecule has 0 bridgehead atoms. The maximum Gasteiger partial charge on any atom is 0.257 e. The van der Waals surface area contributed by atoms with Gasteiger partial charge in [-0.1, -0.05) is 29.8 Å². The summed E-state index contributed by atoms with van der Waals surface area (Å²) in [7, 11) is 0. The van der Waals surface area contributed by atoms with Crippen molar-refractivity contribution in [2.45, 2.75) is 0 Å². The Morgan fingerprint density at radius 1 is 1.29 bits per heavy atom. The van der Waals surface area contributed by atoms with E-state index in [4.69, 9.17) is 21.6 Å². The second-order valence-electron chi connectivity index (χ2n) is 4.00. The van der Waals surface area contributed by atoms with Crippen molar-refractivity contribution in [1.29, 1.82) is 5.26 Å². The number of anilines is 1. The molecule has 0 radical (unpaired) electrons. The second kappa shape index (κ2) is 7.11. The van der Waals surface area contributed by atoms with Crippen LogP contribution in [0.4, 0.5) is 5.69 Å². The first kappa shape index (κ1) is 15.4. The number of carbonyl (C=O) groups is 1. The number of nitrogens with zero attached hydrogens (tertiary/aromatic N) is 1. The molecular weight excluding hydrogens is 356 g/mol. The third kappa shape index (κ3) is 3.75. The molecule has 2 rings (SSSR count). The van der Waals surface area contributed by atoms with Gasteiger partial charge in [0.05, 0.1) is 16.3 Å². The average Bonchev–Trinajstić information content (AvgIpc) is 2.49. The molecule has 0 saturated carbocycles. The Morgan fingerprint density at radius 3 is 2.81 bits per heavy atom. The molecule has 1 amide bonds. The number of ether oxygens (including phenoxy) is 1. The van der Waals surface area contributed by atoms with Crippen molar-refractivity contribution in [1.82, 2.24) is 0 Å². The predicted molar refractivity (Wildman–Crippen MR) is 84.7 cm³/mol. The molecule has 0 aromatic heterocycles. The molecule has 1 N–H and O–H groups in total. The summed E-state index contributed by atoms with van der Waals surface area (Å²) in [6, 6.07) is 13.9. The summed E-state index contributed by atoms with van der Waals surface area (Å²) < 4.78 is 5.90. The molecule has 0 spiro atoms. The van der Waals surface area contributed by atoms with E-state index in [1.807, 2.05) is 6.07 Å². The minimum Gasteiger partial charge on any atom is -0.477 e. The molecule has 0 unspecified atom stereocenters. The van der Waals surface area contributed by atoms with Gasteiger partial charge in [0.2, 0.25) is 0 Å². The summed E-state index contributed by atoms with van der Waals surface area (Å²) in [4.78, 5) is 12.3. The SMILES string of the molecule is N#CCOc1ccccc1NC(=O)c1cccc(Br)c1Cl. The standard InChI is InChI=1S/C15H10BrClN2O2/c16-11-5-3-4-10(14(11)17)15(20)19-12-6-1-2-7-13(12)21-9-8-18/h1-7H,9H2,(H,19,20). The molecule has 0 saturated heterocycles. The van der Waals surface area contributed by atoms with Gasteiger partial charge in [0.1, 0.15) is 11.8 Å². The Kier molecular flexibility index (Phi) is 5.20. The molecule has 6 heteroatoms. The number of hydrogen-bond acceptors (Lipinski definition) is 3. The van der Waals surface area contributed by atoms with Crippen molar-refractivity contribution >= 4 is 39.1 Å². The maximum absolute atomic E-state index is 12.3. The number of carbonyl (C=O) groups excluding carboxylic acids is 1. The van der Waals surface area contributed by atoms with Crippen molar-refractivity contribution in [2.75, 3.05) is 11.9 Å². The Bertz CT molecular complexity index is 713. The molecule has 0 heterocycles. The van der Waals surface area contributed by atoms with E-state index in [9.17, 15) is 4.79 Å². The number of para-hydroxylation sites is 2. The first-order valence-corrected chi connectivity index (χ1v) is 7.14. The van der Waals surface area contributed by atoms with Gasteiger partial charge in [-0.2, -0.15) is 5.26 Å². The number of nitrogens with one attached hydrogen (secondary N) is 1. The van der Waals surface area contributed by atoms with Crippen LogP contribution in [0, 0.1) is 11.3 Å². The van der Waals surface area contributed by atoms with Crippen LogP contribution in [0.25, 0.3) is 0 Å². The lowest BCUT2D eigenvalue weighted by atomic mass is 10.2. The number of rotatable bonds is 4. The van der Waals surface area contributed by atoms with Gasteiger partial charge < -0.3 is 10.1 Å².